The van der Waals surface area contributed by atoms with E-state index in [0.717, 1.165) is 39.1 Å². The molecule has 0 bridgehead atoms. The molecule has 14 heteroatoms. The summed E-state index contributed by atoms with van der Waals surface area (Å²) >= 11 is 0. The van der Waals surface area contributed by atoms with Crippen molar-refractivity contribution in [3.05, 3.63) is 175 Å². The summed E-state index contributed by atoms with van der Waals surface area (Å²) in [6.07, 6.45) is 13.5. The molecular formula is C45H37N11O3. The Morgan fingerprint density at radius 1 is 0.661 bits per heavy atom. The van der Waals surface area contributed by atoms with Crippen molar-refractivity contribution in [3.63, 3.8) is 0 Å². The second kappa shape index (κ2) is 16.2. The zero-order valence-electron chi connectivity index (χ0n) is 32.0. The summed E-state index contributed by atoms with van der Waals surface area (Å²) in [7, 11) is 3.25. The fourth-order valence-corrected chi connectivity index (χ4v) is 6.82. The van der Waals surface area contributed by atoms with Crippen LogP contribution in [0.25, 0.3) is 33.5 Å². The standard InChI is InChI=1S/C45H37N11O3/c1-58-36-15-11-32(12-16-36)39-29-50-55-24-20-41(53-44(39)55)52-42(34-6-4-22-47-27-34)56(35-13-17-37(59-2)18-14-35)45(57)33-9-7-31(8-10-33)38-28-49-54-23-19-40(51-43(38)54)48-26-30-5-3-21-46-25-30/h3-25,27-29,42H,26H2,1-2H3,(H,48,51)(H,52,53). The van der Waals surface area contributed by atoms with Gasteiger partial charge in [0, 0.05) is 71.7 Å². The second-order valence-electron chi connectivity index (χ2n) is 13.5. The first kappa shape index (κ1) is 36.5. The molecule has 3 aromatic carbocycles. The van der Waals surface area contributed by atoms with Gasteiger partial charge in [-0.05, 0) is 89.5 Å². The van der Waals surface area contributed by atoms with E-state index in [1.54, 1.807) is 59.1 Å². The fourth-order valence-electron chi connectivity index (χ4n) is 6.82. The first-order valence-electron chi connectivity index (χ1n) is 18.7. The molecule has 0 saturated heterocycles. The normalized spacial score (nSPS) is 11.6. The van der Waals surface area contributed by atoms with Crippen LogP contribution in [0.4, 0.5) is 17.3 Å². The third-order valence-electron chi connectivity index (χ3n) is 9.89. The van der Waals surface area contributed by atoms with Crippen LogP contribution >= 0.6 is 0 Å². The number of amides is 1. The summed E-state index contributed by atoms with van der Waals surface area (Å²) in [5.41, 5.74) is 7.66. The first-order chi connectivity index (χ1) is 29.0. The Morgan fingerprint density at radius 2 is 1.24 bits per heavy atom. The van der Waals surface area contributed by atoms with Gasteiger partial charge >= 0.3 is 0 Å². The predicted octanol–water partition coefficient (Wildman–Crippen LogP) is 7.98. The molecule has 0 fully saturated rings. The zero-order chi connectivity index (χ0) is 40.1. The molecule has 0 aliphatic rings. The number of ether oxygens (including phenoxy) is 2. The lowest BCUT2D eigenvalue weighted by Crippen LogP contribution is -2.39. The Labute approximate surface area is 338 Å². The van der Waals surface area contributed by atoms with Crippen molar-refractivity contribution in [3.8, 4) is 33.8 Å². The molecule has 0 saturated carbocycles. The van der Waals surface area contributed by atoms with Gasteiger partial charge in [0.15, 0.2) is 11.3 Å². The molecule has 0 aliphatic carbocycles. The molecule has 1 unspecified atom stereocenters. The number of rotatable bonds is 13. The van der Waals surface area contributed by atoms with Gasteiger partial charge in [0.1, 0.15) is 29.3 Å². The topological polar surface area (TPSA) is 149 Å². The number of aromatic nitrogens is 8. The lowest BCUT2D eigenvalue weighted by Gasteiger charge is -2.33. The third-order valence-corrected chi connectivity index (χ3v) is 9.89. The summed E-state index contributed by atoms with van der Waals surface area (Å²) in [5, 5.41) is 16.0. The molecule has 0 radical (unpaired) electrons. The number of fused-ring (bicyclic) bond motifs is 2. The molecule has 0 aliphatic heterocycles. The SMILES string of the molecule is COc1ccc(-c2cnn3ccc(NC(c4cccnc4)N(C(=O)c4ccc(-c5cnn6ccc(NCc7cccnc7)nc56)cc4)c4ccc(OC)cc4)nc23)cc1. The van der Waals surface area contributed by atoms with E-state index >= 15 is 0 Å². The summed E-state index contributed by atoms with van der Waals surface area (Å²) < 4.78 is 14.3. The van der Waals surface area contributed by atoms with Crippen LogP contribution in [-0.2, 0) is 6.54 Å². The maximum atomic E-state index is 15.0. The number of nitrogens with one attached hydrogen (secondary N) is 2. The van der Waals surface area contributed by atoms with E-state index in [4.69, 9.17) is 19.4 Å². The number of hydrogen-bond donors (Lipinski definition) is 2. The molecule has 6 heterocycles. The minimum Gasteiger partial charge on any atom is -0.497 e. The van der Waals surface area contributed by atoms with Gasteiger partial charge < -0.3 is 20.1 Å². The van der Waals surface area contributed by atoms with Crippen LogP contribution in [0.3, 0.4) is 0 Å². The van der Waals surface area contributed by atoms with E-state index in [-0.39, 0.29) is 5.91 Å². The summed E-state index contributed by atoms with van der Waals surface area (Å²) in [5.74, 6) is 2.39. The second-order valence-corrected chi connectivity index (χ2v) is 13.5. The van der Waals surface area contributed by atoms with Crippen molar-refractivity contribution < 1.29 is 14.3 Å². The van der Waals surface area contributed by atoms with Gasteiger partial charge in [0.2, 0.25) is 0 Å². The average molecular weight is 780 g/mol. The van der Waals surface area contributed by atoms with Crippen LogP contribution in [-0.4, -0.2) is 59.3 Å². The molecule has 14 nitrogen and oxygen atoms in total. The Morgan fingerprint density at radius 3 is 1.83 bits per heavy atom. The first-order valence-corrected chi connectivity index (χ1v) is 18.7. The number of carbonyl (C=O) groups excluding carboxylic acids is 1. The molecule has 1 atom stereocenters. The molecule has 0 spiro atoms. The van der Waals surface area contributed by atoms with Crippen molar-refractivity contribution in [1.29, 1.82) is 0 Å². The highest BCUT2D eigenvalue weighted by Crippen LogP contribution is 2.33. The largest absolute Gasteiger partial charge is 0.497 e. The number of methoxy groups -OCH3 is 2. The van der Waals surface area contributed by atoms with Crippen LogP contribution in [0.5, 0.6) is 11.5 Å². The van der Waals surface area contributed by atoms with Crippen molar-refractivity contribution in [1.82, 2.24) is 39.2 Å². The van der Waals surface area contributed by atoms with E-state index in [1.807, 2.05) is 128 Å². The van der Waals surface area contributed by atoms with Crippen LogP contribution in [0.1, 0.15) is 27.7 Å². The quantitative estimate of drug-likeness (QED) is 0.110. The number of anilines is 3. The van der Waals surface area contributed by atoms with Gasteiger partial charge in [0.25, 0.3) is 5.91 Å². The Bertz CT molecular complexity index is 2850. The number of benzene rings is 3. The van der Waals surface area contributed by atoms with E-state index in [1.165, 1.54) is 0 Å². The molecule has 6 aromatic heterocycles. The van der Waals surface area contributed by atoms with Crippen LogP contribution in [0, 0.1) is 0 Å². The Balaban J connectivity index is 1.06. The Hall–Kier alpha value is -8.13. The lowest BCUT2D eigenvalue weighted by atomic mass is 10.0. The van der Waals surface area contributed by atoms with E-state index in [9.17, 15) is 4.79 Å². The maximum Gasteiger partial charge on any atom is 0.260 e. The molecular weight excluding hydrogens is 743 g/mol. The van der Waals surface area contributed by atoms with Crippen LogP contribution in [0.15, 0.2) is 159 Å². The summed E-state index contributed by atoms with van der Waals surface area (Å²) in [6, 6.07) is 34.0. The minimum atomic E-state index is -0.743. The summed E-state index contributed by atoms with van der Waals surface area (Å²) in [4.78, 5) is 35.2. The third kappa shape index (κ3) is 7.57. The van der Waals surface area contributed by atoms with E-state index in [0.29, 0.717) is 46.5 Å². The number of pyridine rings is 2. The lowest BCUT2D eigenvalue weighted by molar-refractivity contribution is 0.0979. The highest BCUT2D eigenvalue weighted by Gasteiger charge is 2.29. The average Bonchev–Trinajstić information content (AvgIpc) is 3.93. The Kier molecular flexibility index (Phi) is 9.99. The molecule has 1 amide bonds. The smallest absolute Gasteiger partial charge is 0.260 e. The highest BCUT2D eigenvalue weighted by molar-refractivity contribution is 6.07. The van der Waals surface area contributed by atoms with Crippen molar-refractivity contribution in [2.75, 3.05) is 29.8 Å². The van der Waals surface area contributed by atoms with Crippen molar-refractivity contribution in [2.45, 2.75) is 12.7 Å². The predicted molar refractivity (Wildman–Crippen MR) is 225 cm³/mol. The van der Waals surface area contributed by atoms with Crippen molar-refractivity contribution >= 4 is 34.5 Å². The molecule has 290 valence electrons. The van der Waals surface area contributed by atoms with Gasteiger partial charge in [0.05, 0.1) is 26.6 Å². The van der Waals surface area contributed by atoms with Gasteiger partial charge in [-0.3, -0.25) is 19.7 Å². The maximum absolute atomic E-state index is 15.0. The molecule has 9 aromatic rings. The number of carbonyl (C=O) groups is 1. The molecule has 9 rings (SSSR count). The van der Waals surface area contributed by atoms with Gasteiger partial charge in [-0.15, -0.1) is 0 Å². The van der Waals surface area contributed by atoms with E-state index < -0.39 is 6.17 Å². The number of hydrogen-bond acceptors (Lipinski definition) is 11. The van der Waals surface area contributed by atoms with Gasteiger partial charge in [-0.2, -0.15) is 10.2 Å². The van der Waals surface area contributed by atoms with E-state index in [2.05, 4.69) is 30.8 Å². The van der Waals surface area contributed by atoms with Crippen LogP contribution < -0.4 is 25.0 Å². The van der Waals surface area contributed by atoms with Crippen LogP contribution in [0.2, 0.25) is 0 Å². The van der Waals surface area contributed by atoms with Gasteiger partial charge in [-0.1, -0.05) is 36.4 Å². The zero-order valence-corrected chi connectivity index (χ0v) is 32.0. The monoisotopic (exact) mass is 779 g/mol. The minimum absolute atomic E-state index is 0.257. The molecule has 59 heavy (non-hydrogen) atoms. The summed E-state index contributed by atoms with van der Waals surface area (Å²) in [6.45, 7) is 0.579. The molecule has 2 N–H and O–H groups in total. The fraction of sp³-hybridized carbons (Fsp3) is 0.0889. The van der Waals surface area contributed by atoms with Crippen molar-refractivity contribution in [2.24, 2.45) is 0 Å². The van der Waals surface area contributed by atoms with Gasteiger partial charge in [-0.25, -0.2) is 19.0 Å². The highest BCUT2D eigenvalue weighted by atomic mass is 16.5. The number of nitrogens with zero attached hydrogens (tertiary/aromatic N) is 9.